The number of aryl methyl sites for hydroxylation is 2. The number of nitrogens with zero attached hydrogens (tertiary/aromatic N) is 2. The molecule has 1 heterocycles. The zero-order valence-corrected chi connectivity index (χ0v) is 12.6. The number of benzene rings is 2. The second kappa shape index (κ2) is 5.64. The van der Waals surface area contributed by atoms with E-state index in [1.54, 1.807) is 19.2 Å². The Morgan fingerprint density at radius 2 is 1.96 bits per heavy atom. The van der Waals surface area contributed by atoms with Crippen molar-refractivity contribution in [2.75, 3.05) is 5.32 Å². The molecule has 116 valence electrons. The molecule has 0 aliphatic heterocycles. The van der Waals surface area contributed by atoms with Crippen LogP contribution in [0.1, 0.15) is 16.1 Å². The number of nitrogens with one attached hydrogen (secondary N) is 1. The highest BCUT2D eigenvalue weighted by Crippen LogP contribution is 2.15. The van der Waals surface area contributed by atoms with Gasteiger partial charge in [-0.3, -0.25) is 14.3 Å². The highest BCUT2D eigenvalue weighted by molar-refractivity contribution is 6.04. The molecule has 23 heavy (non-hydrogen) atoms. The molecule has 1 amide bonds. The van der Waals surface area contributed by atoms with Crippen LogP contribution in [-0.4, -0.2) is 15.7 Å². The van der Waals surface area contributed by atoms with Crippen LogP contribution in [0.25, 0.3) is 10.9 Å². The van der Waals surface area contributed by atoms with Gasteiger partial charge in [-0.2, -0.15) is 5.10 Å². The van der Waals surface area contributed by atoms with Crippen molar-refractivity contribution in [3.05, 3.63) is 69.8 Å². The lowest BCUT2D eigenvalue weighted by Gasteiger charge is -2.10. The Kier molecular flexibility index (Phi) is 3.65. The van der Waals surface area contributed by atoms with Crippen molar-refractivity contribution in [2.45, 2.75) is 6.92 Å². The fraction of sp³-hybridized carbons (Fsp3) is 0.118. The first-order chi connectivity index (χ1) is 11.0. The molecule has 1 aromatic heterocycles. The molecule has 2 aromatic carbocycles. The Hall–Kier alpha value is -3.02. The van der Waals surface area contributed by atoms with E-state index in [0.29, 0.717) is 11.2 Å². The molecule has 0 saturated heterocycles. The fourth-order valence-electron chi connectivity index (χ4n) is 2.39. The van der Waals surface area contributed by atoms with E-state index in [9.17, 15) is 14.0 Å². The van der Waals surface area contributed by atoms with Gasteiger partial charge in [0.15, 0.2) is 5.69 Å². The maximum Gasteiger partial charge on any atom is 0.280 e. The molecule has 3 aromatic rings. The fourth-order valence-corrected chi connectivity index (χ4v) is 2.39. The van der Waals surface area contributed by atoms with Crippen LogP contribution < -0.4 is 10.7 Å². The van der Waals surface area contributed by atoms with Crippen LogP contribution >= 0.6 is 0 Å². The summed E-state index contributed by atoms with van der Waals surface area (Å²) in [7, 11) is 1.60. The Labute approximate surface area is 131 Å². The Bertz CT molecular complexity index is 979. The van der Waals surface area contributed by atoms with E-state index in [0.717, 1.165) is 11.6 Å². The molecule has 0 unspecified atom stereocenters. The standard InChI is InChI=1S/C17H14FN3O2/c1-10-5-3-4-6-13(10)19-17(23)15-16(22)12-9-11(18)7-8-14(12)21(2)20-15/h3-9H,1-2H3,(H,19,23). The lowest BCUT2D eigenvalue weighted by molar-refractivity contribution is 0.101. The van der Waals surface area contributed by atoms with Gasteiger partial charge in [0, 0.05) is 12.7 Å². The first-order valence-corrected chi connectivity index (χ1v) is 7.01. The Balaban J connectivity index is 2.09. The predicted molar refractivity (Wildman–Crippen MR) is 86.1 cm³/mol. The van der Waals surface area contributed by atoms with Crippen LogP contribution in [0.3, 0.4) is 0 Å². The number of halogens is 1. The number of amides is 1. The summed E-state index contributed by atoms with van der Waals surface area (Å²) in [6, 6.07) is 11.0. The molecule has 0 aliphatic rings. The maximum absolute atomic E-state index is 13.4. The number of rotatable bonds is 2. The normalized spacial score (nSPS) is 10.7. The van der Waals surface area contributed by atoms with Crippen LogP contribution in [0.15, 0.2) is 47.3 Å². The summed E-state index contributed by atoms with van der Waals surface area (Å²) in [6.07, 6.45) is 0. The maximum atomic E-state index is 13.4. The van der Waals surface area contributed by atoms with Gasteiger partial charge in [-0.1, -0.05) is 18.2 Å². The van der Waals surface area contributed by atoms with Crippen molar-refractivity contribution < 1.29 is 9.18 Å². The van der Waals surface area contributed by atoms with Crippen molar-refractivity contribution in [2.24, 2.45) is 7.05 Å². The second-order valence-electron chi connectivity index (χ2n) is 5.23. The van der Waals surface area contributed by atoms with E-state index in [1.807, 2.05) is 19.1 Å². The third-order valence-electron chi connectivity index (χ3n) is 3.63. The van der Waals surface area contributed by atoms with Crippen molar-refractivity contribution in [1.82, 2.24) is 9.78 Å². The third kappa shape index (κ3) is 2.70. The highest BCUT2D eigenvalue weighted by atomic mass is 19.1. The lowest BCUT2D eigenvalue weighted by Crippen LogP contribution is -2.26. The third-order valence-corrected chi connectivity index (χ3v) is 3.63. The molecular formula is C17H14FN3O2. The molecule has 0 bridgehead atoms. The van der Waals surface area contributed by atoms with Gasteiger partial charge >= 0.3 is 0 Å². The van der Waals surface area contributed by atoms with Crippen molar-refractivity contribution in [3.63, 3.8) is 0 Å². The van der Waals surface area contributed by atoms with E-state index < -0.39 is 17.2 Å². The van der Waals surface area contributed by atoms with Crippen LogP contribution in [0.4, 0.5) is 10.1 Å². The van der Waals surface area contributed by atoms with Crippen LogP contribution in [-0.2, 0) is 7.05 Å². The number of carbonyl (C=O) groups is 1. The van der Waals surface area contributed by atoms with Gasteiger partial charge in [0.05, 0.1) is 10.9 Å². The van der Waals surface area contributed by atoms with Gasteiger partial charge in [-0.05, 0) is 36.8 Å². The van der Waals surface area contributed by atoms with E-state index in [4.69, 9.17) is 0 Å². The number of hydrogen-bond acceptors (Lipinski definition) is 3. The molecule has 6 heteroatoms. The summed E-state index contributed by atoms with van der Waals surface area (Å²) in [5.74, 6) is -1.16. The van der Waals surface area contributed by atoms with Crippen molar-refractivity contribution in [3.8, 4) is 0 Å². The number of fused-ring (bicyclic) bond motifs is 1. The van der Waals surface area contributed by atoms with Crippen molar-refractivity contribution in [1.29, 1.82) is 0 Å². The van der Waals surface area contributed by atoms with Gasteiger partial charge in [0.25, 0.3) is 5.91 Å². The summed E-state index contributed by atoms with van der Waals surface area (Å²) >= 11 is 0. The van der Waals surface area contributed by atoms with E-state index >= 15 is 0 Å². The summed E-state index contributed by atoms with van der Waals surface area (Å²) in [5.41, 5.74) is 1.06. The van der Waals surface area contributed by atoms with Crippen molar-refractivity contribution >= 4 is 22.5 Å². The minimum absolute atomic E-state index is 0.123. The number of carbonyl (C=O) groups excluding carboxylic acids is 1. The lowest BCUT2D eigenvalue weighted by atomic mass is 10.1. The summed E-state index contributed by atoms with van der Waals surface area (Å²) in [5, 5.41) is 6.81. The van der Waals surface area contributed by atoms with Crippen LogP contribution in [0, 0.1) is 12.7 Å². The van der Waals surface area contributed by atoms with Gasteiger partial charge in [-0.25, -0.2) is 4.39 Å². The minimum Gasteiger partial charge on any atom is -0.320 e. The van der Waals surface area contributed by atoms with Gasteiger partial charge in [0.2, 0.25) is 5.43 Å². The van der Waals surface area contributed by atoms with E-state index in [-0.39, 0.29) is 11.1 Å². The molecular weight excluding hydrogens is 297 g/mol. The Morgan fingerprint density at radius 1 is 1.22 bits per heavy atom. The smallest absolute Gasteiger partial charge is 0.280 e. The predicted octanol–water partition coefficient (Wildman–Crippen LogP) is 2.63. The van der Waals surface area contributed by atoms with Crippen LogP contribution in [0.5, 0.6) is 0 Å². The minimum atomic E-state index is -0.619. The molecule has 3 rings (SSSR count). The summed E-state index contributed by atoms with van der Waals surface area (Å²) < 4.78 is 14.8. The molecule has 0 atom stereocenters. The summed E-state index contributed by atoms with van der Waals surface area (Å²) in [6.45, 7) is 1.84. The Morgan fingerprint density at radius 3 is 2.70 bits per heavy atom. The largest absolute Gasteiger partial charge is 0.320 e. The first-order valence-electron chi connectivity index (χ1n) is 7.01. The molecule has 1 N–H and O–H groups in total. The molecule has 5 nitrogen and oxygen atoms in total. The first kappa shape index (κ1) is 14.9. The molecule has 0 radical (unpaired) electrons. The monoisotopic (exact) mass is 311 g/mol. The molecule has 0 fully saturated rings. The summed E-state index contributed by atoms with van der Waals surface area (Å²) in [4.78, 5) is 24.8. The number of anilines is 1. The number of para-hydroxylation sites is 1. The number of hydrogen-bond donors (Lipinski definition) is 1. The van der Waals surface area contributed by atoms with E-state index in [1.165, 1.54) is 16.8 Å². The average molecular weight is 311 g/mol. The SMILES string of the molecule is Cc1ccccc1NC(=O)c1nn(C)c2ccc(F)cc2c1=O. The topological polar surface area (TPSA) is 64.0 Å². The zero-order valence-electron chi connectivity index (χ0n) is 12.6. The van der Waals surface area contributed by atoms with E-state index in [2.05, 4.69) is 10.4 Å². The molecule has 0 spiro atoms. The number of aromatic nitrogens is 2. The molecule has 0 aliphatic carbocycles. The zero-order chi connectivity index (χ0) is 16.6. The van der Waals surface area contributed by atoms with Gasteiger partial charge in [0.1, 0.15) is 5.82 Å². The van der Waals surface area contributed by atoms with Crippen LogP contribution in [0.2, 0.25) is 0 Å². The average Bonchev–Trinajstić information content (AvgIpc) is 2.53. The van der Waals surface area contributed by atoms with Gasteiger partial charge in [-0.15, -0.1) is 0 Å². The highest BCUT2D eigenvalue weighted by Gasteiger charge is 2.17. The quantitative estimate of drug-likeness (QED) is 0.791. The van der Waals surface area contributed by atoms with Gasteiger partial charge < -0.3 is 5.32 Å². The molecule has 0 saturated carbocycles. The second-order valence-corrected chi connectivity index (χ2v) is 5.23.